The summed E-state index contributed by atoms with van der Waals surface area (Å²) in [5, 5.41) is 12.6. The van der Waals surface area contributed by atoms with E-state index in [9.17, 15) is 9.90 Å². The lowest BCUT2D eigenvalue weighted by Crippen LogP contribution is -2.52. The van der Waals surface area contributed by atoms with Gasteiger partial charge in [0.15, 0.2) is 0 Å². The van der Waals surface area contributed by atoms with Crippen molar-refractivity contribution in [3.8, 4) is 5.75 Å². The van der Waals surface area contributed by atoms with Gasteiger partial charge in [-0.25, -0.2) is 0 Å². The van der Waals surface area contributed by atoms with Crippen LogP contribution in [-0.2, 0) is 16.6 Å². The Bertz CT molecular complexity index is 543. The monoisotopic (exact) mass is 274 g/mol. The molecule has 4 heteroatoms. The topological polar surface area (TPSA) is 52.6 Å². The molecule has 20 heavy (non-hydrogen) atoms. The van der Waals surface area contributed by atoms with Crippen LogP contribution in [0.1, 0.15) is 30.4 Å². The summed E-state index contributed by atoms with van der Waals surface area (Å²) in [5.41, 5.74) is 2.36. The van der Waals surface area contributed by atoms with Crippen molar-refractivity contribution in [1.29, 1.82) is 0 Å². The van der Waals surface area contributed by atoms with Crippen molar-refractivity contribution in [2.24, 2.45) is 0 Å². The normalized spacial score (nSPS) is 28.8. The highest BCUT2D eigenvalue weighted by molar-refractivity contribution is 5.77. The third-order valence-electron chi connectivity index (χ3n) is 5.09. The number of likely N-dealkylation sites (N-methyl/N-ethyl adjacent to an activating group) is 1. The summed E-state index contributed by atoms with van der Waals surface area (Å²) < 4.78 is 0. The van der Waals surface area contributed by atoms with Crippen molar-refractivity contribution in [1.82, 2.24) is 10.2 Å². The number of nitrogens with one attached hydrogen (secondary N) is 1. The van der Waals surface area contributed by atoms with Crippen LogP contribution in [0.25, 0.3) is 0 Å². The Kier molecular flexibility index (Phi) is 3.21. The fourth-order valence-corrected chi connectivity index (χ4v) is 3.90. The third kappa shape index (κ3) is 2.08. The van der Waals surface area contributed by atoms with E-state index in [-0.39, 0.29) is 11.3 Å². The Morgan fingerprint density at radius 1 is 1.55 bits per heavy atom. The number of benzene rings is 1. The van der Waals surface area contributed by atoms with Gasteiger partial charge in [0, 0.05) is 24.9 Å². The summed E-state index contributed by atoms with van der Waals surface area (Å²) in [5.74, 6) is 0.391. The first-order valence-electron chi connectivity index (χ1n) is 7.27. The average Bonchev–Trinajstić information content (AvgIpc) is 2.44. The van der Waals surface area contributed by atoms with E-state index in [4.69, 9.17) is 0 Å². The minimum atomic E-state index is -0.108. The van der Waals surface area contributed by atoms with Crippen LogP contribution in [0.5, 0.6) is 5.75 Å². The van der Waals surface area contributed by atoms with E-state index < -0.39 is 0 Å². The minimum Gasteiger partial charge on any atom is -0.508 e. The molecule has 4 nitrogen and oxygen atoms in total. The molecule has 2 aliphatic rings. The summed E-state index contributed by atoms with van der Waals surface area (Å²) in [6.07, 6.45) is 3.52. The molecule has 1 fully saturated rings. The number of phenolic OH excluding ortho intramolecular Hbond substituents is 1. The molecule has 0 saturated carbocycles. The highest BCUT2D eigenvalue weighted by Gasteiger charge is 2.45. The summed E-state index contributed by atoms with van der Waals surface area (Å²) in [7, 11) is 3.86. The SMILES string of the molecule is CNC(=O)CC12CCN(C)C(Cc3ccc(O)cc31)C2. The summed E-state index contributed by atoms with van der Waals surface area (Å²) in [6, 6.07) is 6.16. The number of carbonyl (C=O) groups is 1. The number of rotatable bonds is 2. The first-order valence-corrected chi connectivity index (χ1v) is 7.27. The van der Waals surface area contributed by atoms with Crippen molar-refractivity contribution < 1.29 is 9.90 Å². The molecule has 2 unspecified atom stereocenters. The second-order valence-corrected chi connectivity index (χ2v) is 6.26. The van der Waals surface area contributed by atoms with E-state index in [0.717, 1.165) is 25.8 Å². The quantitative estimate of drug-likeness (QED) is 0.857. The van der Waals surface area contributed by atoms with Gasteiger partial charge in [0.1, 0.15) is 5.75 Å². The number of aromatic hydroxyl groups is 1. The van der Waals surface area contributed by atoms with Gasteiger partial charge in [0.05, 0.1) is 0 Å². The largest absolute Gasteiger partial charge is 0.508 e. The van der Waals surface area contributed by atoms with Gasteiger partial charge < -0.3 is 15.3 Å². The number of hydrogen-bond acceptors (Lipinski definition) is 3. The fraction of sp³-hybridized carbons (Fsp3) is 0.562. The molecule has 1 aliphatic carbocycles. The van der Waals surface area contributed by atoms with Crippen LogP contribution >= 0.6 is 0 Å². The molecule has 1 heterocycles. The Morgan fingerprint density at radius 3 is 3.10 bits per heavy atom. The second kappa shape index (κ2) is 4.77. The lowest BCUT2D eigenvalue weighted by molar-refractivity contribution is -0.122. The number of carbonyl (C=O) groups excluding carboxylic acids is 1. The van der Waals surface area contributed by atoms with E-state index in [1.165, 1.54) is 11.1 Å². The molecule has 1 aromatic rings. The molecule has 2 atom stereocenters. The number of fused-ring (bicyclic) bond motifs is 4. The molecule has 1 amide bonds. The van der Waals surface area contributed by atoms with E-state index >= 15 is 0 Å². The summed E-state index contributed by atoms with van der Waals surface area (Å²) >= 11 is 0. The summed E-state index contributed by atoms with van der Waals surface area (Å²) in [6.45, 7) is 1.01. The Labute approximate surface area is 119 Å². The van der Waals surface area contributed by atoms with Gasteiger partial charge in [-0.2, -0.15) is 0 Å². The zero-order chi connectivity index (χ0) is 14.3. The van der Waals surface area contributed by atoms with Gasteiger partial charge in [-0.15, -0.1) is 0 Å². The molecule has 1 aliphatic heterocycles. The van der Waals surface area contributed by atoms with Crippen molar-refractivity contribution in [2.45, 2.75) is 37.1 Å². The van der Waals surface area contributed by atoms with E-state index in [0.29, 0.717) is 18.2 Å². The maximum absolute atomic E-state index is 12.0. The van der Waals surface area contributed by atoms with Crippen LogP contribution in [-0.4, -0.2) is 42.6 Å². The zero-order valence-corrected chi connectivity index (χ0v) is 12.1. The molecule has 1 saturated heterocycles. The third-order valence-corrected chi connectivity index (χ3v) is 5.09. The molecule has 0 spiro atoms. The molecule has 2 N–H and O–H groups in total. The molecule has 108 valence electrons. The standard InChI is InChI=1S/C16H22N2O2/c1-17-15(20)10-16-5-6-18(2)12(9-16)7-11-3-4-13(19)8-14(11)16/h3-4,8,12,19H,5-7,9-10H2,1-2H3,(H,17,20). The Morgan fingerprint density at radius 2 is 2.35 bits per heavy atom. The first kappa shape index (κ1) is 13.4. The Hall–Kier alpha value is -1.55. The van der Waals surface area contributed by atoms with E-state index in [1.807, 2.05) is 12.1 Å². The smallest absolute Gasteiger partial charge is 0.220 e. The molecule has 2 bridgehead atoms. The zero-order valence-electron chi connectivity index (χ0n) is 12.1. The molecule has 3 rings (SSSR count). The Balaban J connectivity index is 2.06. The number of amides is 1. The second-order valence-electron chi connectivity index (χ2n) is 6.26. The number of likely N-dealkylation sites (tertiary alicyclic amines) is 1. The maximum atomic E-state index is 12.0. The number of hydrogen-bond donors (Lipinski definition) is 2. The van der Waals surface area contributed by atoms with E-state index in [2.05, 4.69) is 17.3 Å². The van der Waals surface area contributed by atoms with Crippen LogP contribution in [0.2, 0.25) is 0 Å². The van der Waals surface area contributed by atoms with Gasteiger partial charge in [-0.1, -0.05) is 6.07 Å². The maximum Gasteiger partial charge on any atom is 0.220 e. The molecule has 1 aromatic carbocycles. The lowest BCUT2D eigenvalue weighted by atomic mass is 9.62. The highest BCUT2D eigenvalue weighted by atomic mass is 16.3. The van der Waals surface area contributed by atoms with Gasteiger partial charge in [-0.05, 0) is 56.1 Å². The van der Waals surface area contributed by atoms with Crippen molar-refractivity contribution in [3.05, 3.63) is 29.3 Å². The van der Waals surface area contributed by atoms with Crippen LogP contribution in [0.15, 0.2) is 18.2 Å². The number of phenols is 1. The van der Waals surface area contributed by atoms with Crippen LogP contribution in [0.4, 0.5) is 0 Å². The van der Waals surface area contributed by atoms with Crippen molar-refractivity contribution >= 4 is 5.91 Å². The van der Waals surface area contributed by atoms with Crippen molar-refractivity contribution in [2.75, 3.05) is 20.6 Å². The molecule has 0 aromatic heterocycles. The molecular formula is C16H22N2O2. The lowest BCUT2D eigenvalue weighted by Gasteiger charge is -2.50. The average molecular weight is 274 g/mol. The van der Waals surface area contributed by atoms with Gasteiger partial charge in [-0.3, -0.25) is 4.79 Å². The molecular weight excluding hydrogens is 252 g/mol. The van der Waals surface area contributed by atoms with Gasteiger partial charge in [0.25, 0.3) is 0 Å². The number of nitrogens with zero attached hydrogens (tertiary/aromatic N) is 1. The van der Waals surface area contributed by atoms with Crippen molar-refractivity contribution in [3.63, 3.8) is 0 Å². The van der Waals surface area contributed by atoms with Gasteiger partial charge in [0.2, 0.25) is 5.91 Å². The number of piperidine rings is 1. The van der Waals surface area contributed by atoms with Crippen LogP contribution in [0, 0.1) is 0 Å². The molecule has 0 radical (unpaired) electrons. The fourth-order valence-electron chi connectivity index (χ4n) is 3.90. The predicted octanol–water partition coefficient (Wildman–Crippen LogP) is 1.42. The van der Waals surface area contributed by atoms with Crippen LogP contribution < -0.4 is 5.32 Å². The minimum absolute atomic E-state index is 0.0875. The van der Waals surface area contributed by atoms with E-state index in [1.54, 1.807) is 13.1 Å². The highest BCUT2D eigenvalue weighted by Crippen LogP contribution is 2.47. The first-order chi connectivity index (χ1) is 9.54. The van der Waals surface area contributed by atoms with Crippen LogP contribution in [0.3, 0.4) is 0 Å². The predicted molar refractivity (Wildman–Crippen MR) is 77.8 cm³/mol. The van der Waals surface area contributed by atoms with Gasteiger partial charge >= 0.3 is 0 Å². The summed E-state index contributed by atoms with van der Waals surface area (Å²) in [4.78, 5) is 14.4.